The van der Waals surface area contributed by atoms with Gasteiger partial charge in [-0.15, -0.1) is 0 Å². The smallest absolute Gasteiger partial charge is 0.241 e. The Morgan fingerprint density at radius 1 is 1.40 bits per heavy atom. The number of carbonyl (C=O) groups excluding carboxylic acids is 1. The van der Waals surface area contributed by atoms with E-state index in [1.165, 1.54) is 12.1 Å². The number of nitriles is 1. The van der Waals surface area contributed by atoms with Crippen molar-refractivity contribution in [3.05, 3.63) is 29.6 Å². The molecule has 1 aliphatic heterocycles. The van der Waals surface area contributed by atoms with E-state index in [2.05, 4.69) is 10.2 Å². The van der Waals surface area contributed by atoms with Crippen LogP contribution in [0.3, 0.4) is 0 Å². The Hall–Kier alpha value is -2.13. The summed E-state index contributed by atoms with van der Waals surface area (Å²) in [6.45, 7) is 3.18. The Bertz CT molecular complexity index is 532. The molecule has 1 N–H and O–H groups in total. The summed E-state index contributed by atoms with van der Waals surface area (Å²) in [5, 5.41) is 11.4. The predicted molar refractivity (Wildman–Crippen MR) is 73.7 cm³/mol. The van der Waals surface area contributed by atoms with Gasteiger partial charge in [-0.25, -0.2) is 4.39 Å². The standard InChI is InChI=1S/C14H17FN4O/c1-18-4-6-19(7-5-18)14(20)10-17-13-3-2-11(9-16)8-12(13)15/h2-3,8,17H,4-7,10H2,1H3. The van der Waals surface area contributed by atoms with E-state index in [1.807, 2.05) is 13.1 Å². The number of benzene rings is 1. The van der Waals surface area contributed by atoms with Crippen LogP contribution < -0.4 is 5.32 Å². The van der Waals surface area contributed by atoms with Crippen LogP contribution in [0.25, 0.3) is 0 Å². The lowest BCUT2D eigenvalue weighted by Crippen LogP contribution is -2.48. The van der Waals surface area contributed by atoms with Gasteiger partial charge >= 0.3 is 0 Å². The zero-order valence-electron chi connectivity index (χ0n) is 11.4. The van der Waals surface area contributed by atoms with Gasteiger partial charge in [0.1, 0.15) is 5.82 Å². The fourth-order valence-electron chi connectivity index (χ4n) is 2.07. The summed E-state index contributed by atoms with van der Waals surface area (Å²) in [4.78, 5) is 15.9. The number of carbonyl (C=O) groups is 1. The summed E-state index contributed by atoms with van der Waals surface area (Å²) >= 11 is 0. The molecule has 106 valence electrons. The number of amides is 1. The van der Waals surface area contributed by atoms with Gasteiger partial charge < -0.3 is 15.1 Å². The lowest BCUT2D eigenvalue weighted by atomic mass is 10.2. The second-order valence-corrected chi connectivity index (χ2v) is 4.84. The molecule has 1 saturated heterocycles. The third-order valence-electron chi connectivity index (χ3n) is 3.38. The molecule has 6 heteroatoms. The van der Waals surface area contributed by atoms with E-state index < -0.39 is 5.82 Å². The van der Waals surface area contributed by atoms with Gasteiger partial charge in [0.2, 0.25) is 5.91 Å². The maximum absolute atomic E-state index is 13.6. The van der Waals surface area contributed by atoms with Crippen LogP contribution in [-0.2, 0) is 4.79 Å². The molecule has 1 fully saturated rings. The number of nitrogens with one attached hydrogen (secondary N) is 1. The third-order valence-corrected chi connectivity index (χ3v) is 3.38. The highest BCUT2D eigenvalue weighted by atomic mass is 19.1. The van der Waals surface area contributed by atoms with Crippen molar-refractivity contribution in [2.24, 2.45) is 0 Å². The second-order valence-electron chi connectivity index (χ2n) is 4.84. The first kappa shape index (κ1) is 14.3. The molecule has 0 radical (unpaired) electrons. The number of anilines is 1. The normalized spacial score (nSPS) is 15.8. The van der Waals surface area contributed by atoms with Crippen molar-refractivity contribution in [1.29, 1.82) is 5.26 Å². The largest absolute Gasteiger partial charge is 0.374 e. The topological polar surface area (TPSA) is 59.4 Å². The summed E-state index contributed by atoms with van der Waals surface area (Å²) in [6, 6.07) is 6.02. The molecule has 2 rings (SSSR count). The first-order valence-corrected chi connectivity index (χ1v) is 6.50. The fraction of sp³-hybridized carbons (Fsp3) is 0.429. The molecule has 0 atom stereocenters. The average Bonchev–Trinajstić information content (AvgIpc) is 2.46. The number of hydrogen-bond acceptors (Lipinski definition) is 4. The molecule has 0 saturated carbocycles. The zero-order valence-corrected chi connectivity index (χ0v) is 11.4. The monoisotopic (exact) mass is 276 g/mol. The Morgan fingerprint density at radius 2 is 2.10 bits per heavy atom. The van der Waals surface area contributed by atoms with Gasteiger partial charge in [0.25, 0.3) is 0 Å². The van der Waals surface area contributed by atoms with Crippen molar-refractivity contribution < 1.29 is 9.18 Å². The SMILES string of the molecule is CN1CCN(C(=O)CNc2ccc(C#N)cc2F)CC1. The first-order valence-electron chi connectivity index (χ1n) is 6.50. The van der Waals surface area contributed by atoms with Crippen LogP contribution >= 0.6 is 0 Å². The van der Waals surface area contributed by atoms with E-state index in [9.17, 15) is 9.18 Å². The lowest BCUT2D eigenvalue weighted by Gasteiger charge is -2.32. The average molecular weight is 276 g/mol. The molecule has 1 aromatic carbocycles. The van der Waals surface area contributed by atoms with E-state index in [0.717, 1.165) is 19.2 Å². The molecular weight excluding hydrogens is 259 g/mol. The quantitative estimate of drug-likeness (QED) is 0.890. The minimum Gasteiger partial charge on any atom is -0.374 e. The van der Waals surface area contributed by atoms with Gasteiger partial charge in [0.15, 0.2) is 0 Å². The minimum atomic E-state index is -0.518. The Labute approximate surface area is 117 Å². The van der Waals surface area contributed by atoms with E-state index in [0.29, 0.717) is 13.1 Å². The van der Waals surface area contributed by atoms with Crippen molar-refractivity contribution in [2.45, 2.75) is 0 Å². The number of hydrogen-bond donors (Lipinski definition) is 1. The highest BCUT2D eigenvalue weighted by Gasteiger charge is 2.18. The van der Waals surface area contributed by atoms with Crippen LogP contribution in [0.2, 0.25) is 0 Å². The van der Waals surface area contributed by atoms with Gasteiger partial charge in [0, 0.05) is 26.2 Å². The van der Waals surface area contributed by atoms with E-state index in [1.54, 1.807) is 4.90 Å². The molecule has 1 aromatic rings. The molecule has 20 heavy (non-hydrogen) atoms. The number of halogens is 1. The lowest BCUT2D eigenvalue weighted by molar-refractivity contribution is -0.130. The number of likely N-dealkylation sites (N-methyl/N-ethyl adjacent to an activating group) is 1. The van der Waals surface area contributed by atoms with Crippen LogP contribution in [0.15, 0.2) is 18.2 Å². The molecule has 1 heterocycles. The predicted octanol–water partition coefficient (Wildman–Crippen LogP) is 0.883. The Balaban J connectivity index is 1.89. The van der Waals surface area contributed by atoms with Crippen molar-refractivity contribution in [2.75, 3.05) is 45.1 Å². The molecule has 5 nitrogen and oxygen atoms in total. The maximum atomic E-state index is 13.6. The van der Waals surface area contributed by atoms with Crippen molar-refractivity contribution in [3.63, 3.8) is 0 Å². The summed E-state index contributed by atoms with van der Waals surface area (Å²) in [5.74, 6) is -0.558. The summed E-state index contributed by atoms with van der Waals surface area (Å²) < 4.78 is 13.6. The molecule has 0 spiro atoms. The highest BCUT2D eigenvalue weighted by molar-refractivity contribution is 5.81. The van der Waals surface area contributed by atoms with Crippen molar-refractivity contribution in [1.82, 2.24) is 9.80 Å². The first-order chi connectivity index (χ1) is 9.60. The third kappa shape index (κ3) is 3.45. The van der Waals surface area contributed by atoms with E-state index in [-0.39, 0.29) is 23.7 Å². The molecule has 1 amide bonds. The fourth-order valence-corrected chi connectivity index (χ4v) is 2.07. The summed E-state index contributed by atoms with van der Waals surface area (Å²) in [7, 11) is 2.02. The van der Waals surface area contributed by atoms with Crippen LogP contribution in [0.5, 0.6) is 0 Å². The molecule has 0 aliphatic carbocycles. The summed E-state index contributed by atoms with van der Waals surface area (Å²) in [6.07, 6.45) is 0. The maximum Gasteiger partial charge on any atom is 0.241 e. The van der Waals surface area contributed by atoms with E-state index in [4.69, 9.17) is 5.26 Å². The van der Waals surface area contributed by atoms with Gasteiger partial charge in [-0.1, -0.05) is 0 Å². The van der Waals surface area contributed by atoms with Gasteiger partial charge in [-0.3, -0.25) is 4.79 Å². The van der Waals surface area contributed by atoms with Crippen molar-refractivity contribution in [3.8, 4) is 6.07 Å². The van der Waals surface area contributed by atoms with Crippen LogP contribution in [-0.4, -0.2) is 55.5 Å². The van der Waals surface area contributed by atoms with Crippen LogP contribution in [0.1, 0.15) is 5.56 Å². The number of piperazine rings is 1. The zero-order chi connectivity index (χ0) is 14.5. The molecule has 0 aromatic heterocycles. The molecule has 0 bridgehead atoms. The Morgan fingerprint density at radius 3 is 2.70 bits per heavy atom. The molecular formula is C14H17FN4O. The minimum absolute atomic E-state index is 0.0399. The van der Waals surface area contributed by atoms with Gasteiger partial charge in [-0.05, 0) is 25.2 Å². The van der Waals surface area contributed by atoms with Crippen LogP contribution in [0.4, 0.5) is 10.1 Å². The number of nitrogens with zero attached hydrogens (tertiary/aromatic N) is 3. The summed E-state index contributed by atoms with van der Waals surface area (Å²) in [5.41, 5.74) is 0.505. The molecule has 0 unspecified atom stereocenters. The molecule has 1 aliphatic rings. The van der Waals surface area contributed by atoms with Crippen molar-refractivity contribution >= 4 is 11.6 Å². The van der Waals surface area contributed by atoms with Gasteiger partial charge in [0.05, 0.1) is 23.9 Å². The van der Waals surface area contributed by atoms with Gasteiger partial charge in [-0.2, -0.15) is 5.26 Å². The van der Waals surface area contributed by atoms with Crippen LogP contribution in [0, 0.1) is 17.1 Å². The second kappa shape index (κ2) is 6.35. The van der Waals surface area contributed by atoms with E-state index >= 15 is 0 Å². The number of rotatable bonds is 3. The highest BCUT2D eigenvalue weighted by Crippen LogP contribution is 2.15. The Kier molecular flexibility index (Phi) is 4.53.